The first kappa shape index (κ1) is 31.8. The van der Waals surface area contributed by atoms with Crippen LogP contribution in [-0.2, 0) is 32.6 Å². The van der Waals surface area contributed by atoms with Crippen LogP contribution in [0.2, 0.25) is 10.0 Å². The number of amides is 2. The molecular weight excluding hydrogens is 600 g/mol. The number of hydrogen-bond donors (Lipinski definition) is 1. The predicted molar refractivity (Wildman–Crippen MR) is 165 cm³/mol. The number of carbonyl (C=O) groups excluding carboxylic acids is 2. The average molecular weight is 635 g/mol. The summed E-state index contributed by atoms with van der Waals surface area (Å²) in [6.45, 7) is -0.669. The van der Waals surface area contributed by atoms with E-state index in [-0.39, 0.29) is 40.6 Å². The number of nitrogens with zero attached hydrogens (tertiary/aromatic N) is 2. The Hall–Kier alpha value is -3.14. The molecule has 0 aliphatic heterocycles. The van der Waals surface area contributed by atoms with Crippen molar-refractivity contribution in [3.05, 3.63) is 99.8 Å². The van der Waals surface area contributed by atoms with Crippen molar-refractivity contribution in [1.29, 1.82) is 0 Å². The zero-order valence-corrected chi connectivity index (χ0v) is 25.6. The quantitative estimate of drug-likeness (QED) is 0.281. The highest BCUT2D eigenvalue weighted by Crippen LogP contribution is 2.34. The molecule has 0 unspecified atom stereocenters. The van der Waals surface area contributed by atoms with Crippen LogP contribution in [0, 0.1) is 5.82 Å². The maximum Gasteiger partial charge on any atom is 0.244 e. The minimum absolute atomic E-state index is 0.00918. The number of sulfonamides is 1. The van der Waals surface area contributed by atoms with E-state index in [0.717, 1.165) is 48.2 Å². The Morgan fingerprint density at radius 3 is 2.24 bits per heavy atom. The summed E-state index contributed by atoms with van der Waals surface area (Å²) >= 11 is 12.5. The van der Waals surface area contributed by atoms with Crippen molar-refractivity contribution in [1.82, 2.24) is 10.2 Å². The second kappa shape index (κ2) is 14.4. The molecule has 11 heteroatoms. The molecule has 3 aromatic rings. The molecular formula is C31H34Cl2FN3O4S. The minimum atomic E-state index is -4.00. The van der Waals surface area contributed by atoms with Gasteiger partial charge < -0.3 is 10.2 Å². The second-order valence-electron chi connectivity index (χ2n) is 10.5. The minimum Gasteiger partial charge on any atom is -0.352 e. The lowest BCUT2D eigenvalue weighted by molar-refractivity contribution is -0.140. The Bertz CT molecular complexity index is 1480. The van der Waals surface area contributed by atoms with E-state index in [9.17, 15) is 22.4 Å². The van der Waals surface area contributed by atoms with Crippen molar-refractivity contribution < 1.29 is 22.4 Å². The molecule has 4 rings (SSSR count). The van der Waals surface area contributed by atoms with Gasteiger partial charge in [0, 0.05) is 19.0 Å². The monoisotopic (exact) mass is 633 g/mol. The number of nitrogens with one attached hydrogen (secondary N) is 1. The van der Waals surface area contributed by atoms with E-state index in [1.165, 1.54) is 47.4 Å². The SMILES string of the molecule is CS(=O)(=O)N(CC(=O)N(Cc1ccc(F)cc1)[C@@H](Cc1ccccc1)C(=O)NC1CCCCC1)c1cccc(Cl)c1Cl. The van der Waals surface area contributed by atoms with E-state index in [1.807, 2.05) is 30.3 Å². The summed E-state index contributed by atoms with van der Waals surface area (Å²) in [6, 6.07) is 18.5. The Labute approximate surface area is 256 Å². The zero-order chi connectivity index (χ0) is 30.3. The third-order valence-corrected chi connectivity index (χ3v) is 9.30. The van der Waals surface area contributed by atoms with Gasteiger partial charge in [-0.15, -0.1) is 0 Å². The molecule has 0 radical (unpaired) electrons. The number of anilines is 1. The van der Waals surface area contributed by atoms with Gasteiger partial charge in [0.15, 0.2) is 0 Å². The highest BCUT2D eigenvalue weighted by molar-refractivity contribution is 7.92. The standard InChI is InChI=1S/C31H34Cl2FN3O4S/c1-42(40,41)37(27-14-8-13-26(32)30(27)33)21-29(38)36(20-23-15-17-24(34)18-16-23)28(19-22-9-4-2-5-10-22)31(39)35-25-11-6-3-7-12-25/h2,4-5,8-10,13-18,25,28H,3,6-7,11-12,19-21H2,1H3,(H,35,39)/t28-/m0/s1. The largest absolute Gasteiger partial charge is 0.352 e. The predicted octanol–water partition coefficient (Wildman–Crippen LogP) is 5.99. The summed E-state index contributed by atoms with van der Waals surface area (Å²) in [4.78, 5) is 29.5. The van der Waals surface area contributed by atoms with E-state index in [4.69, 9.17) is 23.2 Å². The van der Waals surface area contributed by atoms with Gasteiger partial charge in [-0.1, -0.05) is 91.0 Å². The van der Waals surface area contributed by atoms with Gasteiger partial charge in [0.1, 0.15) is 18.4 Å². The highest BCUT2D eigenvalue weighted by Gasteiger charge is 2.34. The van der Waals surface area contributed by atoms with Crippen LogP contribution in [0.4, 0.5) is 10.1 Å². The van der Waals surface area contributed by atoms with E-state index >= 15 is 0 Å². The molecule has 0 aromatic heterocycles. The maximum atomic E-state index is 14.2. The Balaban J connectivity index is 1.73. The lowest BCUT2D eigenvalue weighted by atomic mass is 9.94. The molecule has 1 fully saturated rings. The van der Waals surface area contributed by atoms with Gasteiger partial charge in [-0.05, 0) is 48.2 Å². The molecule has 0 saturated heterocycles. The lowest BCUT2D eigenvalue weighted by Gasteiger charge is -2.35. The van der Waals surface area contributed by atoms with Gasteiger partial charge in [0.05, 0.1) is 22.0 Å². The first-order valence-corrected chi connectivity index (χ1v) is 16.4. The smallest absolute Gasteiger partial charge is 0.244 e. The number of carbonyl (C=O) groups is 2. The highest BCUT2D eigenvalue weighted by atomic mass is 35.5. The van der Waals surface area contributed by atoms with Crippen LogP contribution < -0.4 is 9.62 Å². The fourth-order valence-electron chi connectivity index (χ4n) is 5.16. The third kappa shape index (κ3) is 8.46. The van der Waals surface area contributed by atoms with E-state index in [2.05, 4.69) is 5.32 Å². The van der Waals surface area contributed by atoms with Crippen molar-refractivity contribution in [3.8, 4) is 0 Å². The Morgan fingerprint density at radius 1 is 0.929 bits per heavy atom. The molecule has 1 saturated carbocycles. The van der Waals surface area contributed by atoms with Crippen molar-refractivity contribution in [2.24, 2.45) is 0 Å². The fraction of sp³-hybridized carbons (Fsp3) is 0.355. The second-order valence-corrected chi connectivity index (χ2v) is 13.2. The van der Waals surface area contributed by atoms with Gasteiger partial charge in [-0.25, -0.2) is 12.8 Å². The van der Waals surface area contributed by atoms with Gasteiger partial charge in [0.25, 0.3) is 0 Å². The summed E-state index contributed by atoms with van der Waals surface area (Å²) in [5, 5.41) is 3.25. The number of benzene rings is 3. The van der Waals surface area contributed by atoms with Gasteiger partial charge in [0.2, 0.25) is 21.8 Å². The summed E-state index contributed by atoms with van der Waals surface area (Å²) in [5.41, 5.74) is 1.46. The summed E-state index contributed by atoms with van der Waals surface area (Å²) in [5.74, 6) is -1.39. The summed E-state index contributed by atoms with van der Waals surface area (Å²) < 4.78 is 40.5. The van der Waals surface area contributed by atoms with Crippen LogP contribution in [0.3, 0.4) is 0 Å². The van der Waals surface area contributed by atoms with E-state index < -0.39 is 34.3 Å². The van der Waals surface area contributed by atoms with Gasteiger partial charge in [-0.3, -0.25) is 13.9 Å². The van der Waals surface area contributed by atoms with Crippen molar-refractivity contribution in [2.75, 3.05) is 17.1 Å². The van der Waals surface area contributed by atoms with Crippen molar-refractivity contribution in [3.63, 3.8) is 0 Å². The molecule has 0 heterocycles. The fourth-order valence-corrected chi connectivity index (χ4v) is 6.47. The molecule has 224 valence electrons. The summed E-state index contributed by atoms with van der Waals surface area (Å²) in [6.07, 6.45) is 6.01. The van der Waals surface area contributed by atoms with Gasteiger partial charge >= 0.3 is 0 Å². The van der Waals surface area contributed by atoms with Gasteiger partial charge in [-0.2, -0.15) is 0 Å². The van der Waals surface area contributed by atoms with Crippen molar-refractivity contribution in [2.45, 2.75) is 57.2 Å². The molecule has 1 N–H and O–H groups in total. The normalized spacial score (nSPS) is 14.7. The molecule has 1 aliphatic carbocycles. The first-order chi connectivity index (χ1) is 20.0. The van der Waals surface area contributed by atoms with Crippen LogP contribution in [0.5, 0.6) is 0 Å². The first-order valence-electron chi connectivity index (χ1n) is 13.8. The molecule has 0 spiro atoms. The molecule has 7 nitrogen and oxygen atoms in total. The molecule has 2 amide bonds. The number of rotatable bonds is 11. The molecule has 1 atom stereocenters. The topological polar surface area (TPSA) is 86.8 Å². The Morgan fingerprint density at radius 2 is 1.60 bits per heavy atom. The average Bonchev–Trinajstić information content (AvgIpc) is 2.96. The molecule has 1 aliphatic rings. The molecule has 3 aromatic carbocycles. The van der Waals surface area contributed by atoms with Crippen molar-refractivity contribution >= 4 is 50.7 Å². The molecule has 0 bridgehead atoms. The number of halogens is 3. The number of hydrogen-bond acceptors (Lipinski definition) is 4. The van der Waals surface area contributed by atoms with Crippen LogP contribution in [0.25, 0.3) is 0 Å². The maximum absolute atomic E-state index is 14.2. The summed E-state index contributed by atoms with van der Waals surface area (Å²) in [7, 11) is -4.00. The molecule has 42 heavy (non-hydrogen) atoms. The van der Waals surface area contributed by atoms with Crippen LogP contribution in [-0.4, -0.2) is 50.0 Å². The zero-order valence-electron chi connectivity index (χ0n) is 23.3. The third-order valence-electron chi connectivity index (χ3n) is 7.37. The Kier molecular flexibility index (Phi) is 10.9. The van der Waals surface area contributed by atoms with Crippen LogP contribution in [0.1, 0.15) is 43.2 Å². The van der Waals surface area contributed by atoms with E-state index in [0.29, 0.717) is 5.56 Å². The van der Waals surface area contributed by atoms with E-state index in [1.54, 1.807) is 0 Å². The lowest BCUT2D eigenvalue weighted by Crippen LogP contribution is -2.55. The van der Waals surface area contributed by atoms with Crippen LogP contribution in [0.15, 0.2) is 72.8 Å². The van der Waals surface area contributed by atoms with Crippen LogP contribution >= 0.6 is 23.2 Å².